The van der Waals surface area contributed by atoms with Gasteiger partial charge in [0.2, 0.25) is 5.91 Å². The maximum Gasteiger partial charge on any atom is 0.325 e. The third kappa shape index (κ3) is 8.52. The van der Waals surface area contributed by atoms with Crippen molar-refractivity contribution in [3.8, 4) is 0 Å². The van der Waals surface area contributed by atoms with Gasteiger partial charge in [0.15, 0.2) is 11.8 Å². The molecule has 0 spiro atoms. The number of esters is 3. The molecule has 2 aliphatic heterocycles. The molecule has 0 fully saturated rings. The first kappa shape index (κ1) is 29.6. The molecule has 1 amide bonds. The smallest absolute Gasteiger partial charge is 0.325 e. The minimum absolute atomic E-state index is 0.0324. The van der Waals surface area contributed by atoms with Gasteiger partial charge in [-0.25, -0.2) is 0 Å². The number of carbonyl (C=O) groups excluding carboxylic acids is 5. The highest BCUT2D eigenvalue weighted by molar-refractivity contribution is 6.01. The van der Waals surface area contributed by atoms with Crippen LogP contribution in [0.4, 0.5) is 0 Å². The molecule has 4 atom stereocenters. The van der Waals surface area contributed by atoms with Crippen LogP contribution in [0.25, 0.3) is 0 Å². The van der Waals surface area contributed by atoms with Gasteiger partial charge in [-0.05, 0) is 30.2 Å². The predicted molar refractivity (Wildman–Crippen MR) is 132 cm³/mol. The topological polar surface area (TPSA) is 188 Å². The summed E-state index contributed by atoms with van der Waals surface area (Å²) >= 11 is 0. The molecule has 12 heteroatoms. The summed E-state index contributed by atoms with van der Waals surface area (Å²) in [5.74, 6) is -5.84. The summed E-state index contributed by atoms with van der Waals surface area (Å²) in [4.78, 5) is 65.9. The van der Waals surface area contributed by atoms with Crippen LogP contribution in [0, 0.1) is 11.8 Å². The number of methoxy groups -OCH3 is 1. The zero-order valence-electron chi connectivity index (χ0n) is 20.7. The van der Waals surface area contributed by atoms with Gasteiger partial charge in [-0.2, -0.15) is 0 Å². The first-order chi connectivity index (χ1) is 18.1. The molecule has 12 nitrogen and oxygen atoms in total. The Balaban J connectivity index is 0.000000234. The van der Waals surface area contributed by atoms with Crippen LogP contribution < -0.4 is 11.1 Å². The Kier molecular flexibility index (Phi) is 11.1. The molecule has 202 valence electrons. The van der Waals surface area contributed by atoms with E-state index in [-0.39, 0.29) is 18.9 Å². The van der Waals surface area contributed by atoms with E-state index >= 15 is 0 Å². The summed E-state index contributed by atoms with van der Waals surface area (Å²) in [5, 5.41) is 11.0. The molecule has 38 heavy (non-hydrogen) atoms. The molecule has 4 rings (SSSR count). The number of hydrogen-bond acceptors (Lipinski definition) is 10. The lowest BCUT2D eigenvalue weighted by atomic mass is 9.95. The maximum atomic E-state index is 11.8. The number of carboxylic acids is 1. The summed E-state index contributed by atoms with van der Waals surface area (Å²) in [6.45, 7) is 1.35. The lowest BCUT2D eigenvalue weighted by Gasteiger charge is -2.25. The number of ether oxygens (including phenoxy) is 3. The number of hydrogen-bond donors (Lipinski definition) is 3. The molecular weight excluding hydrogens is 500 g/mol. The van der Waals surface area contributed by atoms with Crippen LogP contribution in [0.5, 0.6) is 0 Å². The van der Waals surface area contributed by atoms with Gasteiger partial charge in [0, 0.05) is 0 Å². The molecule has 0 aromatic rings. The van der Waals surface area contributed by atoms with Gasteiger partial charge in [0.05, 0.1) is 13.7 Å². The fraction of sp³-hybridized carbons (Fsp3) is 0.308. The van der Waals surface area contributed by atoms with Crippen LogP contribution in [0.3, 0.4) is 0 Å². The Morgan fingerprint density at radius 1 is 0.921 bits per heavy atom. The van der Waals surface area contributed by atoms with E-state index in [0.29, 0.717) is 0 Å². The normalized spacial score (nSPS) is 23.8. The summed E-state index contributed by atoms with van der Waals surface area (Å²) in [5.41, 5.74) is 6.29. The van der Waals surface area contributed by atoms with Crippen LogP contribution in [0.1, 0.15) is 6.92 Å². The highest BCUT2D eigenvalue weighted by Crippen LogP contribution is 2.25. The van der Waals surface area contributed by atoms with E-state index in [9.17, 15) is 28.8 Å². The molecule has 0 saturated carbocycles. The largest absolute Gasteiger partial charge is 0.480 e. The van der Waals surface area contributed by atoms with E-state index in [1.807, 2.05) is 0 Å². The molecule has 0 bridgehead atoms. The zero-order chi connectivity index (χ0) is 28.2. The SMILES string of the molecule is CC(=O)CN.COC(=O)CNC(=O)C1C=C2C=CC=CC2OC1=O.O=C(O)C1C=C2C=CC=CC2OC1=O. The van der Waals surface area contributed by atoms with E-state index in [1.165, 1.54) is 20.1 Å². The molecule has 4 N–H and O–H groups in total. The van der Waals surface area contributed by atoms with Gasteiger partial charge in [0.1, 0.15) is 24.5 Å². The number of carboxylic acid groups (broad SMARTS) is 1. The monoisotopic (exact) mass is 528 g/mol. The number of nitrogens with one attached hydrogen (secondary N) is 1. The third-order valence-corrected chi connectivity index (χ3v) is 5.21. The molecular formula is C26H28N2O10. The molecule has 2 heterocycles. The molecule has 0 saturated heterocycles. The number of Topliss-reactive ketones (excluding diaryl/α,β-unsaturated/α-hetero) is 1. The highest BCUT2D eigenvalue weighted by atomic mass is 16.6. The Morgan fingerprint density at radius 3 is 1.84 bits per heavy atom. The molecule has 2 aliphatic carbocycles. The van der Waals surface area contributed by atoms with Crippen molar-refractivity contribution in [2.24, 2.45) is 17.6 Å². The summed E-state index contributed by atoms with van der Waals surface area (Å²) in [7, 11) is 1.22. The van der Waals surface area contributed by atoms with Crippen molar-refractivity contribution in [2.45, 2.75) is 19.1 Å². The van der Waals surface area contributed by atoms with Crippen molar-refractivity contribution < 1.29 is 48.1 Å². The lowest BCUT2D eigenvalue weighted by molar-refractivity contribution is -0.159. The molecule has 0 aromatic carbocycles. The van der Waals surface area contributed by atoms with E-state index in [0.717, 1.165) is 11.1 Å². The van der Waals surface area contributed by atoms with Crippen LogP contribution >= 0.6 is 0 Å². The van der Waals surface area contributed by atoms with Gasteiger partial charge < -0.3 is 30.4 Å². The number of aliphatic carboxylic acids is 1. The van der Waals surface area contributed by atoms with E-state index in [1.54, 1.807) is 54.7 Å². The first-order valence-electron chi connectivity index (χ1n) is 11.4. The van der Waals surface area contributed by atoms with Crippen molar-refractivity contribution in [3.05, 3.63) is 71.9 Å². The van der Waals surface area contributed by atoms with Crippen LogP contribution in [0.2, 0.25) is 0 Å². The predicted octanol–water partition coefficient (Wildman–Crippen LogP) is 0.0687. The minimum Gasteiger partial charge on any atom is -0.480 e. The maximum absolute atomic E-state index is 11.8. The number of carbonyl (C=O) groups is 6. The second-order valence-corrected chi connectivity index (χ2v) is 8.03. The fourth-order valence-corrected chi connectivity index (χ4v) is 3.20. The van der Waals surface area contributed by atoms with E-state index in [2.05, 4.69) is 10.1 Å². The van der Waals surface area contributed by atoms with Gasteiger partial charge >= 0.3 is 23.9 Å². The van der Waals surface area contributed by atoms with Gasteiger partial charge in [0.25, 0.3) is 0 Å². The van der Waals surface area contributed by atoms with Crippen molar-refractivity contribution >= 4 is 35.6 Å². The average Bonchev–Trinajstić information content (AvgIpc) is 2.91. The fourth-order valence-electron chi connectivity index (χ4n) is 3.20. The summed E-state index contributed by atoms with van der Waals surface area (Å²) in [6, 6.07) is 0. The quantitative estimate of drug-likeness (QED) is 0.249. The Hall–Kier alpha value is -4.58. The number of nitrogens with two attached hydrogens (primary N) is 1. The summed E-state index contributed by atoms with van der Waals surface area (Å²) in [6.07, 6.45) is 16.2. The standard InChI is InChI=1S/C13H13NO5.C10H8O4.C3H7NO/c1-18-11(15)7-14-12(16)9-6-8-4-2-3-5-10(8)19-13(9)17;11-9(12)7-5-6-3-1-2-4-8(6)14-10(7)13;1-3(5)2-4/h2-6,9-10H,7H2,1H3,(H,14,16);1-5,7-8H,(H,11,12);2,4H2,1H3. The summed E-state index contributed by atoms with van der Waals surface area (Å²) < 4.78 is 14.5. The first-order valence-corrected chi connectivity index (χ1v) is 11.4. The molecule has 4 aliphatic rings. The average molecular weight is 529 g/mol. The van der Waals surface area contributed by atoms with Crippen molar-refractivity contribution in [1.82, 2.24) is 5.32 Å². The lowest BCUT2D eigenvalue weighted by Crippen LogP contribution is -2.41. The Morgan fingerprint density at radius 2 is 1.39 bits per heavy atom. The number of amides is 1. The zero-order valence-corrected chi connectivity index (χ0v) is 20.7. The van der Waals surface area contributed by atoms with E-state index in [4.69, 9.17) is 20.3 Å². The third-order valence-electron chi connectivity index (χ3n) is 5.21. The minimum atomic E-state index is -1.18. The van der Waals surface area contributed by atoms with Crippen molar-refractivity contribution in [3.63, 3.8) is 0 Å². The molecule has 0 aromatic heterocycles. The number of fused-ring (bicyclic) bond motifs is 2. The van der Waals surface area contributed by atoms with Crippen molar-refractivity contribution in [1.29, 1.82) is 0 Å². The Labute approximate surface area is 218 Å². The van der Waals surface area contributed by atoms with Crippen molar-refractivity contribution in [2.75, 3.05) is 20.2 Å². The molecule has 0 radical (unpaired) electrons. The Bertz CT molecular complexity index is 1160. The van der Waals surface area contributed by atoms with Gasteiger partial charge in [-0.3, -0.25) is 28.8 Å². The van der Waals surface area contributed by atoms with Crippen LogP contribution in [-0.4, -0.2) is 73.1 Å². The second-order valence-electron chi connectivity index (χ2n) is 8.03. The van der Waals surface area contributed by atoms with Gasteiger partial charge in [-0.1, -0.05) is 48.6 Å². The van der Waals surface area contributed by atoms with Crippen LogP contribution in [-0.2, 0) is 43.0 Å². The molecule has 4 unspecified atom stereocenters. The highest BCUT2D eigenvalue weighted by Gasteiger charge is 2.35. The second kappa shape index (κ2) is 14.2. The number of ketones is 1. The van der Waals surface area contributed by atoms with Gasteiger partial charge in [-0.15, -0.1) is 0 Å². The van der Waals surface area contributed by atoms with E-state index < -0.39 is 53.8 Å². The van der Waals surface area contributed by atoms with Crippen LogP contribution in [0.15, 0.2) is 71.9 Å². The number of allylic oxidation sites excluding steroid dienone is 4. The number of rotatable bonds is 5.